The lowest BCUT2D eigenvalue weighted by Crippen LogP contribution is -2.31. The number of likely N-dealkylation sites (N-methyl/N-ethyl adjacent to an activating group) is 1. The number of rotatable bonds is 4. The highest BCUT2D eigenvalue weighted by molar-refractivity contribution is 6.30. The Labute approximate surface area is 132 Å². The first kappa shape index (κ1) is 15.9. The van der Waals surface area contributed by atoms with Gasteiger partial charge >= 0.3 is 0 Å². The van der Waals surface area contributed by atoms with E-state index in [2.05, 4.69) is 57.0 Å². The number of halogens is 1. The van der Waals surface area contributed by atoms with Gasteiger partial charge in [0.15, 0.2) is 0 Å². The van der Waals surface area contributed by atoms with E-state index in [1.54, 1.807) is 0 Å². The van der Waals surface area contributed by atoms with Gasteiger partial charge in [-0.3, -0.25) is 0 Å². The van der Waals surface area contributed by atoms with Crippen LogP contribution in [0.25, 0.3) is 0 Å². The van der Waals surface area contributed by atoms with Gasteiger partial charge in [0, 0.05) is 24.3 Å². The molecule has 0 aliphatic rings. The van der Waals surface area contributed by atoms with Gasteiger partial charge in [0.25, 0.3) is 0 Å². The van der Waals surface area contributed by atoms with Crippen LogP contribution >= 0.6 is 11.6 Å². The minimum Gasteiger partial charge on any atom is -0.366 e. The molecule has 2 nitrogen and oxygen atoms in total. The molecule has 3 heteroatoms. The van der Waals surface area contributed by atoms with E-state index in [0.29, 0.717) is 6.54 Å². The lowest BCUT2D eigenvalue weighted by molar-refractivity contribution is 0.675. The summed E-state index contributed by atoms with van der Waals surface area (Å²) in [6.45, 7) is 6.90. The van der Waals surface area contributed by atoms with Crippen molar-refractivity contribution in [1.82, 2.24) is 0 Å². The normalized spacial score (nSPS) is 12.3. The van der Waals surface area contributed by atoms with Gasteiger partial charge in [-0.2, -0.15) is 0 Å². The molecule has 0 fully saturated rings. The fraction of sp³-hybridized carbons (Fsp3) is 0.333. The minimum absolute atomic E-state index is 0.142. The molecule has 1 atom stereocenters. The number of aryl methyl sites for hydroxylation is 3. The lowest BCUT2D eigenvalue weighted by atomic mass is 9.99. The largest absolute Gasteiger partial charge is 0.366 e. The molecule has 21 heavy (non-hydrogen) atoms. The van der Waals surface area contributed by atoms with E-state index in [-0.39, 0.29) is 6.04 Å². The topological polar surface area (TPSA) is 29.3 Å². The number of nitrogens with two attached hydrogens (primary N) is 1. The molecule has 0 heterocycles. The van der Waals surface area contributed by atoms with Crippen LogP contribution in [0.15, 0.2) is 36.4 Å². The maximum atomic E-state index is 6.06. The fourth-order valence-electron chi connectivity index (χ4n) is 2.88. The minimum atomic E-state index is 0.142. The highest BCUT2D eigenvalue weighted by Crippen LogP contribution is 2.30. The van der Waals surface area contributed by atoms with Crippen molar-refractivity contribution in [1.29, 1.82) is 0 Å². The smallest absolute Gasteiger partial charge is 0.0664 e. The molecule has 0 amide bonds. The molecule has 2 aromatic carbocycles. The van der Waals surface area contributed by atoms with Gasteiger partial charge in [0.1, 0.15) is 0 Å². The van der Waals surface area contributed by atoms with E-state index in [1.807, 2.05) is 12.1 Å². The Morgan fingerprint density at radius 3 is 2.33 bits per heavy atom. The van der Waals surface area contributed by atoms with Crippen LogP contribution in [0.3, 0.4) is 0 Å². The summed E-state index contributed by atoms with van der Waals surface area (Å²) in [7, 11) is 2.10. The molecular weight excluding hydrogens is 280 g/mol. The molecule has 0 aliphatic heterocycles. The monoisotopic (exact) mass is 302 g/mol. The highest BCUT2D eigenvalue weighted by Gasteiger charge is 2.19. The molecule has 2 aromatic rings. The molecule has 112 valence electrons. The Kier molecular flexibility index (Phi) is 4.92. The predicted octanol–water partition coefficient (Wildman–Crippen LogP) is 4.40. The van der Waals surface area contributed by atoms with Crippen LogP contribution in [0, 0.1) is 20.8 Å². The van der Waals surface area contributed by atoms with E-state index < -0.39 is 0 Å². The van der Waals surface area contributed by atoms with Crippen molar-refractivity contribution in [3.05, 3.63) is 63.7 Å². The number of nitrogens with zero attached hydrogens (tertiary/aromatic N) is 1. The Hall–Kier alpha value is -1.51. The molecule has 2 rings (SSSR count). The molecule has 0 aliphatic carbocycles. The van der Waals surface area contributed by atoms with Gasteiger partial charge in [-0.1, -0.05) is 35.4 Å². The van der Waals surface area contributed by atoms with Crippen LogP contribution in [0.4, 0.5) is 5.69 Å². The second kappa shape index (κ2) is 6.50. The maximum absolute atomic E-state index is 6.06. The quantitative estimate of drug-likeness (QED) is 0.907. The van der Waals surface area contributed by atoms with E-state index in [1.165, 1.54) is 27.9 Å². The van der Waals surface area contributed by atoms with E-state index in [9.17, 15) is 0 Å². The third-order valence-corrected chi connectivity index (χ3v) is 4.25. The Bertz CT molecular complexity index is 637. The maximum Gasteiger partial charge on any atom is 0.0664 e. The van der Waals surface area contributed by atoms with Gasteiger partial charge < -0.3 is 10.6 Å². The number of hydrogen-bond donors (Lipinski definition) is 1. The number of benzene rings is 2. The zero-order valence-corrected chi connectivity index (χ0v) is 13.9. The van der Waals surface area contributed by atoms with Gasteiger partial charge in [-0.05, 0) is 55.7 Å². The molecule has 0 aromatic heterocycles. The highest BCUT2D eigenvalue weighted by atomic mass is 35.5. The third kappa shape index (κ3) is 3.39. The average molecular weight is 303 g/mol. The molecule has 0 saturated carbocycles. The van der Waals surface area contributed by atoms with Crippen molar-refractivity contribution in [2.45, 2.75) is 26.8 Å². The summed E-state index contributed by atoms with van der Waals surface area (Å²) in [6, 6.07) is 12.7. The zero-order chi connectivity index (χ0) is 15.6. The first-order valence-electron chi connectivity index (χ1n) is 7.20. The van der Waals surface area contributed by atoms with Crippen LogP contribution in [0.1, 0.15) is 28.3 Å². The van der Waals surface area contributed by atoms with Crippen LogP contribution in [-0.4, -0.2) is 13.6 Å². The first-order valence-corrected chi connectivity index (χ1v) is 7.58. The van der Waals surface area contributed by atoms with Crippen molar-refractivity contribution in [3.8, 4) is 0 Å². The lowest BCUT2D eigenvalue weighted by Gasteiger charge is -2.32. The average Bonchev–Trinajstić information content (AvgIpc) is 2.41. The summed E-state index contributed by atoms with van der Waals surface area (Å²) in [6.07, 6.45) is 0. The van der Waals surface area contributed by atoms with Gasteiger partial charge in [-0.25, -0.2) is 0 Å². The molecule has 0 bridgehead atoms. The summed E-state index contributed by atoms with van der Waals surface area (Å²) in [5.41, 5.74) is 12.2. The third-order valence-electron chi connectivity index (χ3n) is 4.01. The zero-order valence-electron chi connectivity index (χ0n) is 13.2. The van der Waals surface area contributed by atoms with E-state index in [4.69, 9.17) is 17.3 Å². The summed E-state index contributed by atoms with van der Waals surface area (Å²) < 4.78 is 0. The fourth-order valence-corrected chi connectivity index (χ4v) is 3.10. The van der Waals surface area contributed by atoms with E-state index in [0.717, 1.165) is 5.02 Å². The van der Waals surface area contributed by atoms with Gasteiger partial charge in [0.2, 0.25) is 0 Å². The Morgan fingerprint density at radius 2 is 1.76 bits per heavy atom. The van der Waals surface area contributed by atoms with Crippen molar-refractivity contribution in [3.63, 3.8) is 0 Å². The molecular formula is C18H23ClN2. The van der Waals surface area contributed by atoms with Crippen molar-refractivity contribution in [2.24, 2.45) is 5.73 Å². The molecule has 0 spiro atoms. The van der Waals surface area contributed by atoms with Crippen LogP contribution in [-0.2, 0) is 0 Å². The van der Waals surface area contributed by atoms with E-state index >= 15 is 0 Å². The SMILES string of the molecule is Cc1ccc(N(C)C(CN)c2ccc(Cl)cc2C)c(C)c1. The summed E-state index contributed by atoms with van der Waals surface area (Å²) in [5, 5.41) is 0.765. The Morgan fingerprint density at radius 1 is 1.05 bits per heavy atom. The number of anilines is 1. The second-order valence-corrected chi connectivity index (χ2v) is 6.09. The number of hydrogen-bond acceptors (Lipinski definition) is 2. The predicted molar refractivity (Wildman–Crippen MR) is 92.3 cm³/mol. The first-order chi connectivity index (χ1) is 9.93. The van der Waals surface area contributed by atoms with Crippen LogP contribution in [0.5, 0.6) is 0 Å². The summed E-state index contributed by atoms with van der Waals surface area (Å²) in [5.74, 6) is 0. The van der Waals surface area contributed by atoms with Crippen molar-refractivity contribution < 1.29 is 0 Å². The molecule has 1 unspecified atom stereocenters. The van der Waals surface area contributed by atoms with Crippen LogP contribution in [0.2, 0.25) is 5.02 Å². The second-order valence-electron chi connectivity index (χ2n) is 5.65. The van der Waals surface area contributed by atoms with Gasteiger partial charge in [-0.15, -0.1) is 0 Å². The van der Waals surface area contributed by atoms with Gasteiger partial charge in [0.05, 0.1) is 6.04 Å². The Balaban J connectivity index is 2.40. The van der Waals surface area contributed by atoms with Crippen molar-refractivity contribution in [2.75, 3.05) is 18.5 Å². The molecule has 0 radical (unpaired) electrons. The van der Waals surface area contributed by atoms with Crippen molar-refractivity contribution >= 4 is 17.3 Å². The molecule has 0 saturated heterocycles. The summed E-state index contributed by atoms with van der Waals surface area (Å²) >= 11 is 6.06. The van der Waals surface area contributed by atoms with Crippen LogP contribution < -0.4 is 10.6 Å². The molecule has 2 N–H and O–H groups in total. The standard InChI is InChI=1S/C18H23ClN2/c1-12-5-8-17(14(3)9-12)21(4)18(11-20)16-7-6-15(19)10-13(16)2/h5-10,18H,11,20H2,1-4H3. The summed E-state index contributed by atoms with van der Waals surface area (Å²) in [4.78, 5) is 2.25.